The summed E-state index contributed by atoms with van der Waals surface area (Å²) >= 11 is 0. The van der Waals surface area contributed by atoms with Gasteiger partial charge in [-0.25, -0.2) is 0 Å². The Morgan fingerprint density at radius 2 is 1.70 bits per heavy atom. The Morgan fingerprint density at radius 1 is 1.05 bits per heavy atom. The highest BCUT2D eigenvalue weighted by Gasteiger charge is 2.31. The summed E-state index contributed by atoms with van der Waals surface area (Å²) in [7, 11) is 0. The Bertz CT molecular complexity index is 543. The molecule has 0 bridgehead atoms. The van der Waals surface area contributed by atoms with Gasteiger partial charge in [-0.1, -0.05) is 24.3 Å². The lowest BCUT2D eigenvalue weighted by Crippen LogP contribution is -2.39. The first-order valence-electron chi connectivity index (χ1n) is 7.06. The second-order valence-electron chi connectivity index (χ2n) is 5.73. The summed E-state index contributed by atoms with van der Waals surface area (Å²) in [6.45, 7) is 0. The van der Waals surface area contributed by atoms with Crippen LogP contribution in [0.4, 0.5) is 0 Å². The largest absolute Gasteiger partial charge is 0.303 e. The number of piperidine rings is 1. The predicted octanol–water partition coefficient (Wildman–Crippen LogP) is 1.90. The molecule has 2 aliphatic rings. The van der Waals surface area contributed by atoms with Gasteiger partial charge in [0.1, 0.15) is 6.29 Å². The monoisotopic (exact) mass is 271 g/mol. The van der Waals surface area contributed by atoms with Crippen molar-refractivity contribution in [3.05, 3.63) is 35.4 Å². The molecule has 2 fully saturated rings. The number of amides is 2. The van der Waals surface area contributed by atoms with E-state index >= 15 is 0 Å². The third kappa shape index (κ3) is 2.38. The van der Waals surface area contributed by atoms with E-state index in [0.717, 1.165) is 24.7 Å². The number of imide groups is 1. The van der Waals surface area contributed by atoms with Gasteiger partial charge in [-0.2, -0.15) is 0 Å². The minimum atomic E-state index is -0.217. The molecular formula is C16H17NO3. The van der Waals surface area contributed by atoms with Crippen LogP contribution in [0.15, 0.2) is 24.3 Å². The topological polar surface area (TPSA) is 63.2 Å². The number of benzene rings is 1. The molecule has 20 heavy (non-hydrogen) atoms. The Balaban J connectivity index is 1.69. The van der Waals surface area contributed by atoms with Crippen LogP contribution < -0.4 is 5.32 Å². The van der Waals surface area contributed by atoms with Gasteiger partial charge in [0.15, 0.2) is 0 Å². The van der Waals surface area contributed by atoms with E-state index in [1.807, 2.05) is 24.3 Å². The maximum absolute atomic E-state index is 11.8. The normalized spacial score (nSPS) is 29.5. The van der Waals surface area contributed by atoms with Gasteiger partial charge in [0.25, 0.3) is 0 Å². The van der Waals surface area contributed by atoms with Crippen LogP contribution >= 0.6 is 0 Å². The lowest BCUT2D eigenvalue weighted by atomic mass is 9.72. The van der Waals surface area contributed by atoms with Crippen molar-refractivity contribution < 1.29 is 14.4 Å². The van der Waals surface area contributed by atoms with Crippen LogP contribution in [0.2, 0.25) is 0 Å². The molecule has 0 aromatic heterocycles. The van der Waals surface area contributed by atoms with Crippen LogP contribution in [0.25, 0.3) is 0 Å². The van der Waals surface area contributed by atoms with Crippen molar-refractivity contribution in [3.63, 3.8) is 0 Å². The molecule has 1 unspecified atom stereocenters. The summed E-state index contributed by atoms with van der Waals surface area (Å²) in [5.41, 5.74) is 2.20. The van der Waals surface area contributed by atoms with Crippen LogP contribution in [0, 0.1) is 5.92 Å². The van der Waals surface area contributed by atoms with E-state index in [1.54, 1.807) is 0 Å². The predicted molar refractivity (Wildman–Crippen MR) is 73.1 cm³/mol. The third-order valence-corrected chi connectivity index (χ3v) is 4.42. The fourth-order valence-electron chi connectivity index (χ4n) is 3.06. The summed E-state index contributed by atoms with van der Waals surface area (Å²) in [6, 6.07) is 8.04. The van der Waals surface area contributed by atoms with Crippen molar-refractivity contribution in [2.45, 2.75) is 37.5 Å². The zero-order valence-electron chi connectivity index (χ0n) is 11.2. The van der Waals surface area contributed by atoms with Crippen molar-refractivity contribution in [2.24, 2.45) is 5.92 Å². The van der Waals surface area contributed by atoms with E-state index in [9.17, 15) is 14.4 Å². The summed E-state index contributed by atoms with van der Waals surface area (Å²) in [6.07, 6.45) is 3.89. The number of carbonyl (C=O) groups excluding carboxylic acids is 3. The highest BCUT2D eigenvalue weighted by Crippen LogP contribution is 2.40. The molecule has 3 rings (SSSR count). The highest BCUT2D eigenvalue weighted by atomic mass is 16.2. The Kier molecular flexibility index (Phi) is 3.38. The molecule has 2 amide bonds. The molecule has 1 atom stereocenters. The molecule has 0 radical (unpaired) electrons. The van der Waals surface area contributed by atoms with Crippen LogP contribution in [0.5, 0.6) is 0 Å². The Hall–Kier alpha value is -1.97. The molecule has 4 heteroatoms. The number of carbonyl (C=O) groups is 3. The highest BCUT2D eigenvalue weighted by molar-refractivity contribution is 6.00. The van der Waals surface area contributed by atoms with Crippen LogP contribution in [-0.4, -0.2) is 18.1 Å². The number of hydrogen-bond donors (Lipinski definition) is 1. The second-order valence-corrected chi connectivity index (χ2v) is 5.73. The molecule has 4 nitrogen and oxygen atoms in total. The first-order chi connectivity index (χ1) is 9.67. The van der Waals surface area contributed by atoms with Gasteiger partial charge in [-0.15, -0.1) is 0 Å². The summed E-state index contributed by atoms with van der Waals surface area (Å²) in [5.74, 6) is 0.0950. The van der Waals surface area contributed by atoms with Crippen molar-refractivity contribution >= 4 is 18.1 Å². The second kappa shape index (κ2) is 5.19. The summed E-state index contributed by atoms with van der Waals surface area (Å²) in [4.78, 5) is 33.6. The molecule has 0 spiro atoms. The molecular weight excluding hydrogens is 254 g/mol. The molecule has 1 N–H and O–H groups in total. The smallest absolute Gasteiger partial charge is 0.234 e. The summed E-state index contributed by atoms with van der Waals surface area (Å²) < 4.78 is 0. The van der Waals surface area contributed by atoms with Gasteiger partial charge in [0.2, 0.25) is 11.8 Å². The molecule has 1 aliphatic carbocycles. The van der Waals surface area contributed by atoms with E-state index in [1.165, 1.54) is 5.56 Å². The van der Waals surface area contributed by atoms with Crippen molar-refractivity contribution in [3.8, 4) is 0 Å². The first-order valence-corrected chi connectivity index (χ1v) is 7.06. The lowest BCUT2D eigenvalue weighted by Gasteiger charge is -2.32. The quantitative estimate of drug-likeness (QED) is 0.674. The van der Waals surface area contributed by atoms with Gasteiger partial charge in [0, 0.05) is 12.3 Å². The minimum Gasteiger partial charge on any atom is -0.303 e. The fourth-order valence-corrected chi connectivity index (χ4v) is 3.06. The zero-order valence-corrected chi connectivity index (χ0v) is 11.2. The maximum Gasteiger partial charge on any atom is 0.234 e. The van der Waals surface area contributed by atoms with Crippen molar-refractivity contribution in [2.75, 3.05) is 0 Å². The van der Waals surface area contributed by atoms with Gasteiger partial charge in [-0.3, -0.25) is 14.9 Å². The zero-order chi connectivity index (χ0) is 14.1. The number of hydrogen-bond acceptors (Lipinski definition) is 3. The summed E-state index contributed by atoms with van der Waals surface area (Å²) in [5, 5.41) is 2.38. The van der Waals surface area contributed by atoms with Crippen LogP contribution in [0.3, 0.4) is 0 Å². The number of nitrogens with one attached hydrogen (secondary N) is 1. The van der Waals surface area contributed by atoms with Crippen molar-refractivity contribution in [1.29, 1.82) is 0 Å². The number of aldehydes is 1. The molecule has 104 valence electrons. The molecule has 1 aromatic carbocycles. The van der Waals surface area contributed by atoms with E-state index in [2.05, 4.69) is 5.32 Å². The lowest BCUT2D eigenvalue weighted by molar-refractivity contribution is -0.134. The van der Waals surface area contributed by atoms with Gasteiger partial charge in [0.05, 0.1) is 5.92 Å². The number of rotatable bonds is 3. The standard InChI is InChI=1S/C16H17NO3/c18-9-10-7-13(8-10)11-1-3-12(4-2-11)14-5-6-15(19)17-16(14)20/h1-4,9-10,13-14H,5-8H2,(H,17,19,20). The average molecular weight is 271 g/mol. The molecule has 1 aliphatic heterocycles. The van der Waals surface area contributed by atoms with Gasteiger partial charge >= 0.3 is 0 Å². The van der Waals surface area contributed by atoms with Gasteiger partial charge in [-0.05, 0) is 36.3 Å². The molecule has 1 aromatic rings. The Labute approximate surface area is 117 Å². The molecule has 1 saturated carbocycles. The first kappa shape index (κ1) is 13.0. The SMILES string of the molecule is O=CC1CC(c2ccc(C3CCC(=O)NC3=O)cc2)C1. The molecule has 1 heterocycles. The van der Waals surface area contributed by atoms with E-state index in [0.29, 0.717) is 18.8 Å². The van der Waals surface area contributed by atoms with Gasteiger partial charge < -0.3 is 4.79 Å². The molecule has 1 saturated heterocycles. The van der Waals surface area contributed by atoms with E-state index < -0.39 is 0 Å². The van der Waals surface area contributed by atoms with Crippen LogP contribution in [-0.2, 0) is 14.4 Å². The van der Waals surface area contributed by atoms with E-state index in [-0.39, 0.29) is 23.7 Å². The van der Waals surface area contributed by atoms with Crippen molar-refractivity contribution in [1.82, 2.24) is 5.32 Å². The van der Waals surface area contributed by atoms with E-state index in [4.69, 9.17) is 0 Å². The average Bonchev–Trinajstić information content (AvgIpc) is 2.39. The minimum absolute atomic E-state index is 0.183. The Morgan fingerprint density at radius 3 is 2.30 bits per heavy atom. The van der Waals surface area contributed by atoms with Crippen LogP contribution in [0.1, 0.15) is 48.6 Å². The maximum atomic E-state index is 11.8. The fraction of sp³-hybridized carbons (Fsp3) is 0.438. The third-order valence-electron chi connectivity index (χ3n) is 4.42.